The Hall–Kier alpha value is -1.65. The van der Waals surface area contributed by atoms with E-state index < -0.39 is 0 Å². The van der Waals surface area contributed by atoms with Gasteiger partial charge in [-0.15, -0.1) is 0 Å². The van der Waals surface area contributed by atoms with Crippen molar-refractivity contribution in [2.75, 3.05) is 0 Å². The molecule has 1 aromatic carbocycles. The van der Waals surface area contributed by atoms with E-state index in [0.29, 0.717) is 10.7 Å². The van der Waals surface area contributed by atoms with Crippen LogP contribution in [0.3, 0.4) is 0 Å². The monoisotopic (exact) mass is 291 g/mol. The van der Waals surface area contributed by atoms with Gasteiger partial charge < -0.3 is 5.73 Å². The summed E-state index contributed by atoms with van der Waals surface area (Å²) in [6, 6.07) is 9.31. The van der Waals surface area contributed by atoms with Gasteiger partial charge in [-0.25, -0.2) is 0 Å². The van der Waals surface area contributed by atoms with Crippen LogP contribution in [0.15, 0.2) is 36.5 Å². The number of carbonyl (C=O) groups excluding carboxylic acids is 1. The molecule has 0 fully saturated rings. The molecule has 0 radical (unpaired) electrons. The Bertz CT molecular complexity index is 592. The number of ketones is 1. The van der Waals surface area contributed by atoms with Crippen LogP contribution < -0.4 is 5.73 Å². The summed E-state index contributed by atoms with van der Waals surface area (Å²) in [6.07, 6.45) is 1.71. The van der Waals surface area contributed by atoms with Crippen molar-refractivity contribution >= 4 is 17.4 Å². The molecule has 106 valence electrons. The second-order valence-corrected chi connectivity index (χ2v) is 5.43. The molecule has 20 heavy (non-hydrogen) atoms. The molecule has 1 aromatic heterocycles. The second kappa shape index (κ2) is 6.20. The van der Waals surface area contributed by atoms with E-state index in [4.69, 9.17) is 17.3 Å². The van der Waals surface area contributed by atoms with Crippen molar-refractivity contribution in [2.45, 2.75) is 32.4 Å². The highest BCUT2D eigenvalue weighted by Crippen LogP contribution is 2.23. The fraction of sp³-hybridized carbons (Fsp3) is 0.333. The zero-order valence-electron chi connectivity index (χ0n) is 11.6. The maximum atomic E-state index is 12.4. The van der Waals surface area contributed by atoms with Gasteiger partial charge in [0.1, 0.15) is 5.69 Å². The largest absolute Gasteiger partial charge is 0.324 e. The molecular weight excluding hydrogens is 274 g/mol. The quantitative estimate of drug-likeness (QED) is 0.859. The van der Waals surface area contributed by atoms with Gasteiger partial charge in [0.15, 0.2) is 5.78 Å². The molecule has 2 N–H and O–H groups in total. The number of halogens is 1. The van der Waals surface area contributed by atoms with E-state index in [1.165, 1.54) is 6.20 Å². The first-order chi connectivity index (χ1) is 9.50. The molecule has 1 heterocycles. The molecule has 0 saturated heterocycles. The van der Waals surface area contributed by atoms with Crippen LogP contribution in [-0.2, 0) is 0 Å². The van der Waals surface area contributed by atoms with Gasteiger partial charge in [0.05, 0.1) is 11.2 Å². The third-order valence-corrected chi connectivity index (χ3v) is 3.41. The van der Waals surface area contributed by atoms with E-state index in [0.717, 1.165) is 5.56 Å². The average Bonchev–Trinajstić information content (AvgIpc) is 2.81. The highest BCUT2D eigenvalue weighted by atomic mass is 35.5. The van der Waals surface area contributed by atoms with Crippen LogP contribution in [0.4, 0.5) is 0 Å². The number of Topliss-reactive ketones (excluding diaryl/α,β-unsaturated/α-hetero) is 1. The highest BCUT2D eigenvalue weighted by Gasteiger charge is 2.21. The summed E-state index contributed by atoms with van der Waals surface area (Å²) in [5.74, 6) is -0.0856. The van der Waals surface area contributed by atoms with Crippen molar-refractivity contribution in [1.82, 2.24) is 9.78 Å². The third kappa shape index (κ3) is 3.08. The van der Waals surface area contributed by atoms with E-state index in [1.807, 2.05) is 44.2 Å². The molecule has 2 rings (SSSR count). The van der Waals surface area contributed by atoms with Gasteiger partial charge in [-0.2, -0.15) is 5.10 Å². The molecule has 0 saturated carbocycles. The van der Waals surface area contributed by atoms with Crippen LogP contribution >= 0.6 is 11.6 Å². The van der Waals surface area contributed by atoms with Gasteiger partial charge >= 0.3 is 0 Å². The molecule has 0 aliphatic rings. The Morgan fingerprint density at radius 2 is 2.00 bits per heavy atom. The summed E-state index contributed by atoms with van der Waals surface area (Å²) in [6.45, 7) is 3.91. The normalized spacial score (nSPS) is 12.7. The summed E-state index contributed by atoms with van der Waals surface area (Å²) >= 11 is 6.07. The minimum Gasteiger partial charge on any atom is -0.324 e. The number of nitrogens with two attached hydrogens (primary N) is 1. The Kier molecular flexibility index (Phi) is 4.57. The lowest BCUT2D eigenvalue weighted by Crippen LogP contribution is -2.19. The molecule has 0 amide bonds. The van der Waals surface area contributed by atoms with Crippen molar-refractivity contribution in [3.63, 3.8) is 0 Å². The molecule has 4 nitrogen and oxygen atoms in total. The fourth-order valence-electron chi connectivity index (χ4n) is 2.11. The Morgan fingerprint density at radius 1 is 1.35 bits per heavy atom. The maximum absolute atomic E-state index is 12.4. The lowest BCUT2D eigenvalue weighted by Gasteiger charge is -2.14. The van der Waals surface area contributed by atoms with Crippen LogP contribution in [0, 0.1) is 0 Å². The lowest BCUT2D eigenvalue weighted by molar-refractivity contribution is 0.0962. The Morgan fingerprint density at radius 3 is 2.60 bits per heavy atom. The van der Waals surface area contributed by atoms with Gasteiger partial charge in [0, 0.05) is 18.5 Å². The van der Waals surface area contributed by atoms with Gasteiger partial charge in [-0.3, -0.25) is 9.48 Å². The number of nitrogens with zero attached hydrogens (tertiary/aromatic N) is 2. The fourth-order valence-corrected chi connectivity index (χ4v) is 2.34. The van der Waals surface area contributed by atoms with Crippen molar-refractivity contribution in [3.8, 4) is 0 Å². The van der Waals surface area contributed by atoms with E-state index in [-0.39, 0.29) is 24.3 Å². The first-order valence-corrected chi connectivity index (χ1v) is 6.95. The molecule has 0 aliphatic carbocycles. The summed E-state index contributed by atoms with van der Waals surface area (Å²) in [5.41, 5.74) is 7.46. The minimum atomic E-state index is -0.338. The number of carbonyl (C=O) groups is 1. The molecule has 1 atom stereocenters. The number of hydrogen-bond acceptors (Lipinski definition) is 3. The number of aromatic nitrogens is 2. The van der Waals surface area contributed by atoms with Crippen LogP contribution in [0.25, 0.3) is 0 Å². The van der Waals surface area contributed by atoms with Crippen molar-refractivity contribution in [2.24, 2.45) is 5.73 Å². The molecule has 1 unspecified atom stereocenters. The first-order valence-electron chi connectivity index (χ1n) is 6.57. The first kappa shape index (κ1) is 14.8. The number of benzene rings is 1. The maximum Gasteiger partial charge on any atom is 0.184 e. The van der Waals surface area contributed by atoms with Crippen LogP contribution in [0.1, 0.15) is 48.4 Å². The van der Waals surface area contributed by atoms with Crippen LogP contribution in [-0.4, -0.2) is 15.6 Å². The van der Waals surface area contributed by atoms with Gasteiger partial charge in [0.25, 0.3) is 0 Å². The number of hydrogen-bond donors (Lipinski definition) is 1. The zero-order chi connectivity index (χ0) is 14.7. The lowest BCUT2D eigenvalue weighted by atomic mass is 10.0. The summed E-state index contributed by atoms with van der Waals surface area (Å²) in [7, 11) is 0. The molecule has 0 bridgehead atoms. The van der Waals surface area contributed by atoms with Gasteiger partial charge in [0.2, 0.25) is 0 Å². The van der Waals surface area contributed by atoms with Crippen molar-refractivity contribution < 1.29 is 4.79 Å². The molecule has 5 heteroatoms. The van der Waals surface area contributed by atoms with Gasteiger partial charge in [-0.1, -0.05) is 41.9 Å². The molecule has 0 aliphatic heterocycles. The second-order valence-electron chi connectivity index (χ2n) is 5.02. The smallest absolute Gasteiger partial charge is 0.184 e. The van der Waals surface area contributed by atoms with E-state index >= 15 is 0 Å². The predicted octanol–water partition coefficient (Wildman–Crippen LogP) is 3.39. The number of rotatable bonds is 5. The third-order valence-electron chi connectivity index (χ3n) is 3.14. The summed E-state index contributed by atoms with van der Waals surface area (Å²) in [4.78, 5) is 12.4. The minimum absolute atomic E-state index is 0.0781. The Labute approximate surface area is 123 Å². The van der Waals surface area contributed by atoms with E-state index in [2.05, 4.69) is 5.10 Å². The molecule has 0 spiro atoms. The highest BCUT2D eigenvalue weighted by molar-refractivity contribution is 6.33. The van der Waals surface area contributed by atoms with E-state index in [1.54, 1.807) is 4.68 Å². The summed E-state index contributed by atoms with van der Waals surface area (Å²) in [5, 5.41) is 4.52. The topological polar surface area (TPSA) is 60.9 Å². The van der Waals surface area contributed by atoms with Crippen LogP contribution in [0.5, 0.6) is 0 Å². The van der Waals surface area contributed by atoms with Crippen molar-refractivity contribution in [3.05, 3.63) is 52.8 Å². The Balaban J connectivity index is 2.19. The zero-order valence-corrected chi connectivity index (χ0v) is 12.3. The molecular formula is C15H18ClN3O. The summed E-state index contributed by atoms with van der Waals surface area (Å²) < 4.78 is 1.64. The SMILES string of the molecule is CC(C)n1ncc(Cl)c1C(=O)CC(N)c1ccccc1. The predicted molar refractivity (Wildman–Crippen MR) is 79.9 cm³/mol. The van der Waals surface area contributed by atoms with Gasteiger partial charge in [-0.05, 0) is 19.4 Å². The standard InChI is InChI=1S/C15H18ClN3O/c1-10(2)19-15(12(16)9-18-19)14(20)8-13(17)11-6-4-3-5-7-11/h3-7,9-10,13H,8,17H2,1-2H3. The van der Waals surface area contributed by atoms with Crippen molar-refractivity contribution in [1.29, 1.82) is 0 Å². The average molecular weight is 292 g/mol. The molecule has 2 aromatic rings. The van der Waals surface area contributed by atoms with E-state index in [9.17, 15) is 4.79 Å². The van der Waals surface area contributed by atoms with Crippen LogP contribution in [0.2, 0.25) is 5.02 Å².